The largest absolute Gasteiger partial charge is 0.493 e. The molecule has 2 aromatic rings. The molecule has 1 heterocycles. The molecule has 2 aromatic carbocycles. The first-order chi connectivity index (χ1) is 13.0. The van der Waals surface area contributed by atoms with Crippen LogP contribution >= 0.6 is 23.2 Å². The fraction of sp³-hybridized carbons (Fsp3) is 0.381. The Bertz CT molecular complexity index is 869. The molecule has 0 bridgehead atoms. The fourth-order valence-corrected chi connectivity index (χ4v) is 4.35. The Hall–Kier alpha value is -1.91. The summed E-state index contributed by atoms with van der Waals surface area (Å²) in [7, 11) is 3.25. The van der Waals surface area contributed by atoms with E-state index in [9.17, 15) is 4.79 Å². The van der Waals surface area contributed by atoms with Gasteiger partial charge in [-0.2, -0.15) is 0 Å². The van der Waals surface area contributed by atoms with E-state index in [0.29, 0.717) is 24.5 Å². The zero-order chi connectivity index (χ0) is 19.2. The number of hydrogen-bond donors (Lipinski definition) is 0. The number of methoxy groups -OCH3 is 2. The highest BCUT2D eigenvalue weighted by Gasteiger charge is 2.58. The maximum Gasteiger partial charge on any atom is 0.229 e. The first kappa shape index (κ1) is 18.5. The van der Waals surface area contributed by atoms with Gasteiger partial charge >= 0.3 is 0 Å². The second-order valence-corrected chi connectivity index (χ2v) is 8.56. The maximum atomic E-state index is 13.1. The van der Waals surface area contributed by atoms with Gasteiger partial charge in [0.05, 0.1) is 26.2 Å². The smallest absolute Gasteiger partial charge is 0.229 e. The van der Waals surface area contributed by atoms with E-state index in [1.54, 1.807) is 14.2 Å². The van der Waals surface area contributed by atoms with Crippen LogP contribution in [-0.4, -0.2) is 35.9 Å². The Labute approximate surface area is 169 Å². The topological polar surface area (TPSA) is 38.8 Å². The number of amides is 1. The van der Waals surface area contributed by atoms with Crippen LogP contribution in [-0.2, 0) is 11.2 Å². The minimum absolute atomic E-state index is 0.00860. The van der Waals surface area contributed by atoms with Gasteiger partial charge in [0.25, 0.3) is 0 Å². The lowest BCUT2D eigenvalue weighted by molar-refractivity contribution is -0.134. The summed E-state index contributed by atoms with van der Waals surface area (Å²) in [5, 5.41) is 0. The van der Waals surface area contributed by atoms with E-state index in [0.717, 1.165) is 23.1 Å². The zero-order valence-electron chi connectivity index (χ0n) is 15.2. The van der Waals surface area contributed by atoms with Crippen LogP contribution in [0.4, 0.5) is 0 Å². The van der Waals surface area contributed by atoms with Crippen LogP contribution in [0.3, 0.4) is 0 Å². The van der Waals surface area contributed by atoms with Crippen molar-refractivity contribution in [2.45, 2.75) is 23.2 Å². The molecule has 4 rings (SSSR count). The molecule has 2 unspecified atom stereocenters. The molecule has 1 saturated carbocycles. The lowest BCUT2D eigenvalue weighted by Gasteiger charge is -2.38. The molecule has 0 spiro atoms. The third kappa shape index (κ3) is 3.26. The SMILES string of the molecule is COc1cc2c(cc1OC)C(c1ccccc1)N(C(=O)C1CC1(Cl)Cl)CC2. The fourth-order valence-electron chi connectivity index (χ4n) is 3.86. The summed E-state index contributed by atoms with van der Waals surface area (Å²) in [6.07, 6.45) is 1.25. The summed E-state index contributed by atoms with van der Waals surface area (Å²) in [5.41, 5.74) is 3.26. The normalized spacial score (nSPS) is 22.7. The zero-order valence-corrected chi connectivity index (χ0v) is 16.8. The van der Waals surface area contributed by atoms with Crippen LogP contribution in [0.25, 0.3) is 0 Å². The summed E-state index contributed by atoms with van der Waals surface area (Å²) in [4.78, 5) is 15.1. The van der Waals surface area contributed by atoms with Crippen LogP contribution in [0.1, 0.15) is 29.2 Å². The quantitative estimate of drug-likeness (QED) is 0.708. The van der Waals surface area contributed by atoms with E-state index < -0.39 is 4.33 Å². The minimum atomic E-state index is -0.934. The maximum absolute atomic E-state index is 13.1. The molecule has 1 fully saturated rings. The third-order valence-corrected chi connectivity index (χ3v) is 6.23. The Morgan fingerprint density at radius 2 is 1.74 bits per heavy atom. The van der Waals surface area contributed by atoms with Crippen LogP contribution in [0, 0.1) is 5.92 Å². The van der Waals surface area contributed by atoms with E-state index in [1.807, 2.05) is 47.4 Å². The van der Waals surface area contributed by atoms with Crippen molar-refractivity contribution >= 4 is 29.1 Å². The molecular formula is C21H21Cl2NO3. The van der Waals surface area contributed by atoms with Crippen molar-refractivity contribution in [2.24, 2.45) is 5.92 Å². The second kappa shape index (κ2) is 6.92. The molecule has 1 aliphatic heterocycles. The van der Waals surface area contributed by atoms with Gasteiger partial charge in [0.2, 0.25) is 5.91 Å². The van der Waals surface area contributed by atoms with E-state index >= 15 is 0 Å². The number of nitrogens with zero attached hydrogens (tertiary/aromatic N) is 1. The third-order valence-electron chi connectivity index (χ3n) is 5.40. The summed E-state index contributed by atoms with van der Waals surface area (Å²) in [5.74, 6) is 1.02. The standard InChI is InChI=1S/C21H21Cl2NO3/c1-26-17-10-14-8-9-24(20(25)16-12-21(16,22)23)19(13-6-4-3-5-7-13)15(14)11-18(17)27-2/h3-7,10-11,16,19H,8-9,12H2,1-2H3. The minimum Gasteiger partial charge on any atom is -0.493 e. The average Bonchev–Trinajstić information content (AvgIpc) is 3.34. The second-order valence-electron chi connectivity index (χ2n) is 7.02. The molecule has 1 amide bonds. The van der Waals surface area contributed by atoms with Crippen molar-refractivity contribution in [1.29, 1.82) is 0 Å². The number of carbonyl (C=O) groups is 1. The Balaban J connectivity index is 1.80. The number of alkyl halides is 2. The summed E-state index contributed by atoms with van der Waals surface area (Å²) in [6, 6.07) is 13.8. The highest BCUT2D eigenvalue weighted by atomic mass is 35.5. The van der Waals surface area contributed by atoms with E-state index in [4.69, 9.17) is 32.7 Å². The van der Waals surface area contributed by atoms with E-state index in [2.05, 4.69) is 0 Å². The molecule has 2 aliphatic rings. The highest BCUT2D eigenvalue weighted by Crippen LogP contribution is 2.55. The first-order valence-corrected chi connectivity index (χ1v) is 9.70. The number of carbonyl (C=O) groups excluding carboxylic acids is 1. The Morgan fingerprint density at radius 1 is 1.11 bits per heavy atom. The number of rotatable bonds is 4. The van der Waals surface area contributed by atoms with Gasteiger partial charge < -0.3 is 14.4 Å². The van der Waals surface area contributed by atoms with Gasteiger partial charge in [-0.25, -0.2) is 0 Å². The predicted octanol–water partition coefficient (Wildman–Crippen LogP) is 4.37. The lowest BCUT2D eigenvalue weighted by Crippen LogP contribution is -2.42. The van der Waals surface area contributed by atoms with Gasteiger partial charge in [0.15, 0.2) is 11.5 Å². The van der Waals surface area contributed by atoms with Crippen molar-refractivity contribution in [3.05, 3.63) is 59.2 Å². The Kier molecular flexibility index (Phi) is 4.73. The molecule has 0 saturated heterocycles. The number of fused-ring (bicyclic) bond motifs is 1. The van der Waals surface area contributed by atoms with Gasteiger partial charge in [-0.3, -0.25) is 4.79 Å². The van der Waals surface area contributed by atoms with Gasteiger partial charge in [0, 0.05) is 6.54 Å². The lowest BCUT2D eigenvalue weighted by atomic mass is 9.87. The molecule has 2 atom stereocenters. The van der Waals surface area contributed by atoms with E-state index in [1.165, 1.54) is 0 Å². The van der Waals surface area contributed by atoms with Crippen molar-refractivity contribution in [2.75, 3.05) is 20.8 Å². The molecule has 6 heteroatoms. The van der Waals surface area contributed by atoms with Crippen molar-refractivity contribution in [1.82, 2.24) is 4.90 Å². The van der Waals surface area contributed by atoms with Gasteiger partial charge in [-0.15, -0.1) is 23.2 Å². The Morgan fingerprint density at radius 3 is 2.33 bits per heavy atom. The summed E-state index contributed by atoms with van der Waals surface area (Å²) in [6.45, 7) is 0.612. The summed E-state index contributed by atoms with van der Waals surface area (Å²) < 4.78 is 10.0. The number of benzene rings is 2. The number of halogens is 2. The molecule has 0 radical (unpaired) electrons. The summed E-state index contributed by atoms with van der Waals surface area (Å²) >= 11 is 12.4. The van der Waals surface area contributed by atoms with Crippen molar-refractivity contribution < 1.29 is 14.3 Å². The average molecular weight is 406 g/mol. The molecule has 0 aromatic heterocycles. The highest BCUT2D eigenvalue weighted by molar-refractivity contribution is 6.52. The number of hydrogen-bond acceptors (Lipinski definition) is 3. The monoisotopic (exact) mass is 405 g/mol. The first-order valence-electron chi connectivity index (χ1n) is 8.94. The molecule has 27 heavy (non-hydrogen) atoms. The number of ether oxygens (including phenoxy) is 2. The molecule has 1 aliphatic carbocycles. The molecule has 142 valence electrons. The van der Waals surface area contributed by atoms with E-state index in [-0.39, 0.29) is 17.9 Å². The van der Waals surface area contributed by atoms with Crippen molar-refractivity contribution in [3.8, 4) is 11.5 Å². The van der Waals surface area contributed by atoms with Gasteiger partial charge in [-0.1, -0.05) is 30.3 Å². The molecule has 4 nitrogen and oxygen atoms in total. The molecule has 0 N–H and O–H groups in total. The van der Waals surface area contributed by atoms with Gasteiger partial charge in [-0.05, 0) is 41.7 Å². The van der Waals surface area contributed by atoms with Gasteiger partial charge in [0.1, 0.15) is 4.33 Å². The van der Waals surface area contributed by atoms with Crippen LogP contribution in [0.2, 0.25) is 0 Å². The van der Waals surface area contributed by atoms with Crippen LogP contribution in [0.15, 0.2) is 42.5 Å². The van der Waals surface area contributed by atoms with Crippen LogP contribution < -0.4 is 9.47 Å². The molecular weight excluding hydrogens is 385 g/mol. The predicted molar refractivity (Wildman–Crippen MR) is 106 cm³/mol. The van der Waals surface area contributed by atoms with Crippen molar-refractivity contribution in [3.63, 3.8) is 0 Å². The van der Waals surface area contributed by atoms with Crippen LogP contribution in [0.5, 0.6) is 11.5 Å².